The maximum atomic E-state index is 9.31. The molecule has 0 aliphatic carbocycles. The van der Waals surface area contributed by atoms with Crippen LogP contribution in [0.15, 0.2) is 30.3 Å². The van der Waals surface area contributed by atoms with Gasteiger partial charge in [-0.15, -0.1) is 0 Å². The monoisotopic (exact) mass is 313 g/mol. The standard InChI is InChI=1S/C22H35N/c1-2-3-4-5-6-7-8-9-10-11-12-14-19-22(20-23)21-17-15-13-16-18-21/h13,15-18,22H,2-12,14,19H2,1H3. The van der Waals surface area contributed by atoms with E-state index in [4.69, 9.17) is 0 Å². The number of hydrogen-bond donors (Lipinski definition) is 0. The molecule has 0 aliphatic rings. The molecule has 1 rings (SSSR count). The van der Waals surface area contributed by atoms with E-state index in [0.29, 0.717) is 0 Å². The molecule has 1 aromatic rings. The molecule has 0 aliphatic heterocycles. The first kappa shape index (κ1) is 19.8. The highest BCUT2D eigenvalue weighted by atomic mass is 14.3. The number of benzene rings is 1. The van der Waals surface area contributed by atoms with Gasteiger partial charge in [0.2, 0.25) is 0 Å². The van der Waals surface area contributed by atoms with E-state index in [-0.39, 0.29) is 5.92 Å². The Labute approximate surface area is 144 Å². The summed E-state index contributed by atoms with van der Waals surface area (Å²) >= 11 is 0. The highest BCUT2D eigenvalue weighted by molar-refractivity contribution is 5.24. The Morgan fingerprint density at radius 3 is 1.70 bits per heavy atom. The third kappa shape index (κ3) is 10.2. The lowest BCUT2D eigenvalue weighted by Crippen LogP contribution is -1.95. The number of nitrogens with zero attached hydrogens (tertiary/aromatic N) is 1. The first-order valence-corrected chi connectivity index (χ1v) is 9.83. The van der Waals surface area contributed by atoms with E-state index in [0.717, 1.165) is 6.42 Å². The van der Waals surface area contributed by atoms with E-state index in [1.165, 1.54) is 82.6 Å². The molecular weight excluding hydrogens is 278 g/mol. The van der Waals surface area contributed by atoms with E-state index >= 15 is 0 Å². The van der Waals surface area contributed by atoms with E-state index in [9.17, 15) is 5.26 Å². The summed E-state index contributed by atoms with van der Waals surface area (Å²) in [7, 11) is 0. The van der Waals surface area contributed by atoms with E-state index in [1.54, 1.807) is 0 Å². The van der Waals surface area contributed by atoms with Crippen LogP contribution in [0.3, 0.4) is 0 Å². The fraction of sp³-hybridized carbons (Fsp3) is 0.682. The van der Waals surface area contributed by atoms with Gasteiger partial charge in [-0.05, 0) is 12.0 Å². The van der Waals surface area contributed by atoms with Gasteiger partial charge in [0, 0.05) is 0 Å². The maximum Gasteiger partial charge on any atom is 0.0712 e. The number of unbranched alkanes of at least 4 members (excludes halogenated alkanes) is 11. The van der Waals surface area contributed by atoms with Crippen molar-refractivity contribution in [1.29, 1.82) is 5.26 Å². The van der Waals surface area contributed by atoms with E-state index < -0.39 is 0 Å². The summed E-state index contributed by atoms with van der Waals surface area (Å²) in [5.74, 6) is 0.0827. The fourth-order valence-electron chi connectivity index (χ4n) is 3.18. The quantitative estimate of drug-likeness (QED) is 0.328. The second-order valence-corrected chi connectivity index (χ2v) is 6.77. The van der Waals surface area contributed by atoms with Crippen LogP contribution in [0.4, 0.5) is 0 Å². The minimum atomic E-state index is 0.0827. The third-order valence-corrected chi connectivity index (χ3v) is 4.70. The number of nitriles is 1. The van der Waals surface area contributed by atoms with Crippen LogP contribution in [0.2, 0.25) is 0 Å². The topological polar surface area (TPSA) is 23.8 Å². The number of rotatable bonds is 14. The van der Waals surface area contributed by atoms with Crippen molar-refractivity contribution in [2.75, 3.05) is 0 Å². The van der Waals surface area contributed by atoms with Crippen molar-refractivity contribution in [2.45, 2.75) is 96.3 Å². The molecule has 0 N–H and O–H groups in total. The fourth-order valence-corrected chi connectivity index (χ4v) is 3.18. The van der Waals surface area contributed by atoms with Crippen LogP contribution in [0.25, 0.3) is 0 Å². The molecule has 0 aromatic heterocycles. The predicted molar refractivity (Wildman–Crippen MR) is 100 cm³/mol. The first-order chi connectivity index (χ1) is 11.4. The zero-order valence-electron chi connectivity index (χ0n) is 15.1. The van der Waals surface area contributed by atoms with Crippen molar-refractivity contribution in [2.24, 2.45) is 0 Å². The Balaban J connectivity index is 1.92. The molecule has 0 saturated carbocycles. The largest absolute Gasteiger partial charge is 0.198 e. The minimum absolute atomic E-state index is 0.0827. The SMILES string of the molecule is CCCCCCCCCCCCCCC(C#N)c1ccccc1. The minimum Gasteiger partial charge on any atom is -0.198 e. The molecule has 1 aromatic carbocycles. The van der Waals surface area contributed by atoms with Gasteiger partial charge in [-0.2, -0.15) is 5.26 Å². The van der Waals surface area contributed by atoms with Gasteiger partial charge in [-0.1, -0.05) is 114 Å². The van der Waals surface area contributed by atoms with E-state index in [1.807, 2.05) is 18.2 Å². The van der Waals surface area contributed by atoms with Gasteiger partial charge < -0.3 is 0 Å². The summed E-state index contributed by atoms with van der Waals surface area (Å²) in [6.07, 6.45) is 17.5. The lowest BCUT2D eigenvalue weighted by Gasteiger charge is -2.09. The van der Waals surface area contributed by atoms with Crippen LogP contribution in [-0.2, 0) is 0 Å². The summed E-state index contributed by atoms with van der Waals surface area (Å²) in [6.45, 7) is 2.28. The molecule has 0 fully saturated rings. The average molecular weight is 314 g/mol. The molecule has 0 bridgehead atoms. The van der Waals surface area contributed by atoms with Gasteiger partial charge in [0.05, 0.1) is 12.0 Å². The number of hydrogen-bond acceptors (Lipinski definition) is 1. The lowest BCUT2D eigenvalue weighted by atomic mass is 9.94. The lowest BCUT2D eigenvalue weighted by molar-refractivity contribution is 0.535. The molecule has 23 heavy (non-hydrogen) atoms. The maximum absolute atomic E-state index is 9.31. The molecule has 128 valence electrons. The summed E-state index contributed by atoms with van der Waals surface area (Å²) in [6, 6.07) is 12.7. The zero-order chi connectivity index (χ0) is 16.6. The second kappa shape index (κ2) is 14.3. The van der Waals surface area contributed by atoms with Gasteiger partial charge in [0.1, 0.15) is 0 Å². The zero-order valence-corrected chi connectivity index (χ0v) is 15.1. The summed E-state index contributed by atoms with van der Waals surface area (Å²) in [4.78, 5) is 0. The molecule has 0 saturated heterocycles. The van der Waals surface area contributed by atoms with Crippen LogP contribution < -0.4 is 0 Å². The highest BCUT2D eigenvalue weighted by Crippen LogP contribution is 2.22. The Hall–Kier alpha value is -1.29. The smallest absolute Gasteiger partial charge is 0.0712 e. The molecule has 1 unspecified atom stereocenters. The molecule has 1 nitrogen and oxygen atoms in total. The Morgan fingerprint density at radius 1 is 0.739 bits per heavy atom. The Bertz CT molecular complexity index is 404. The van der Waals surface area contributed by atoms with Gasteiger partial charge in [0.25, 0.3) is 0 Å². The molecular formula is C22H35N. The molecule has 1 heteroatoms. The van der Waals surface area contributed by atoms with Gasteiger partial charge in [-0.25, -0.2) is 0 Å². The van der Waals surface area contributed by atoms with Crippen molar-refractivity contribution < 1.29 is 0 Å². The van der Waals surface area contributed by atoms with Crippen LogP contribution in [0, 0.1) is 11.3 Å². The van der Waals surface area contributed by atoms with Crippen LogP contribution in [-0.4, -0.2) is 0 Å². The summed E-state index contributed by atoms with van der Waals surface area (Å²) < 4.78 is 0. The van der Waals surface area contributed by atoms with Crippen molar-refractivity contribution in [1.82, 2.24) is 0 Å². The van der Waals surface area contributed by atoms with Crippen molar-refractivity contribution >= 4 is 0 Å². The van der Waals surface area contributed by atoms with E-state index in [2.05, 4.69) is 25.1 Å². The van der Waals surface area contributed by atoms with Gasteiger partial charge in [-0.3, -0.25) is 0 Å². The summed E-state index contributed by atoms with van der Waals surface area (Å²) in [5, 5.41) is 9.31. The van der Waals surface area contributed by atoms with Gasteiger partial charge >= 0.3 is 0 Å². The average Bonchev–Trinajstić information content (AvgIpc) is 2.60. The molecule has 0 radical (unpaired) electrons. The van der Waals surface area contributed by atoms with Crippen LogP contribution >= 0.6 is 0 Å². The third-order valence-electron chi connectivity index (χ3n) is 4.70. The highest BCUT2D eigenvalue weighted by Gasteiger charge is 2.08. The normalized spacial score (nSPS) is 12.0. The molecule has 0 heterocycles. The van der Waals surface area contributed by atoms with Gasteiger partial charge in [0.15, 0.2) is 0 Å². The van der Waals surface area contributed by atoms with Crippen molar-refractivity contribution in [3.63, 3.8) is 0 Å². The Morgan fingerprint density at radius 2 is 1.22 bits per heavy atom. The molecule has 0 amide bonds. The molecule has 0 spiro atoms. The summed E-state index contributed by atoms with van der Waals surface area (Å²) in [5.41, 5.74) is 1.18. The molecule has 1 atom stereocenters. The van der Waals surface area contributed by atoms with Crippen molar-refractivity contribution in [3.8, 4) is 6.07 Å². The predicted octanol–water partition coefficient (Wildman–Crippen LogP) is 7.38. The van der Waals surface area contributed by atoms with Crippen LogP contribution in [0.1, 0.15) is 102 Å². The second-order valence-electron chi connectivity index (χ2n) is 6.77. The Kier molecular flexibility index (Phi) is 12.3. The van der Waals surface area contributed by atoms with Crippen molar-refractivity contribution in [3.05, 3.63) is 35.9 Å². The first-order valence-electron chi connectivity index (χ1n) is 9.83. The van der Waals surface area contributed by atoms with Crippen LogP contribution in [0.5, 0.6) is 0 Å².